The Morgan fingerprint density at radius 2 is 2.11 bits per heavy atom. The summed E-state index contributed by atoms with van der Waals surface area (Å²) < 4.78 is 64.4. The van der Waals surface area contributed by atoms with Gasteiger partial charge >= 0.3 is 0 Å². The molecule has 2 N–H and O–H groups in total. The van der Waals surface area contributed by atoms with Crippen LogP contribution >= 0.6 is 0 Å². The second kappa shape index (κ2) is 4.29. The summed E-state index contributed by atoms with van der Waals surface area (Å²) in [5.41, 5.74) is 4.44. The van der Waals surface area contributed by atoms with Crippen LogP contribution in [0.3, 0.4) is 0 Å². The third kappa shape index (κ3) is 2.04. The summed E-state index contributed by atoms with van der Waals surface area (Å²) in [6.45, 7) is -0.593. The molecule has 0 bridgehead atoms. The van der Waals surface area contributed by atoms with Crippen LogP contribution in [0.15, 0.2) is 17.0 Å². The number of halogens is 4. The van der Waals surface area contributed by atoms with Gasteiger partial charge in [-0.05, 0) is 11.2 Å². The minimum absolute atomic E-state index is 0.00974. The maximum Gasteiger partial charge on any atom is 0.226 e. The van der Waals surface area contributed by atoms with Gasteiger partial charge in [-0.25, -0.2) is 17.6 Å². The van der Waals surface area contributed by atoms with E-state index in [9.17, 15) is 22.1 Å². The first-order valence-corrected chi connectivity index (χ1v) is 6.51. The van der Waals surface area contributed by atoms with E-state index in [-0.39, 0.29) is 4.90 Å². The van der Waals surface area contributed by atoms with Crippen LogP contribution in [0.5, 0.6) is 0 Å². The maximum absolute atomic E-state index is 13.5. The molecular weight excluding hydrogens is 272 g/mol. The van der Waals surface area contributed by atoms with Crippen molar-refractivity contribution in [3.8, 4) is 0 Å². The zero-order valence-electron chi connectivity index (χ0n) is 9.29. The summed E-state index contributed by atoms with van der Waals surface area (Å²) in [6, 6.07) is 1.78. The van der Waals surface area contributed by atoms with E-state index in [1.54, 1.807) is 0 Å². The quantitative estimate of drug-likeness (QED) is 0.507. The average molecular weight is 282 g/mol. The van der Waals surface area contributed by atoms with Crippen molar-refractivity contribution in [3.63, 3.8) is 0 Å². The van der Waals surface area contributed by atoms with Gasteiger partial charge in [0.15, 0.2) is 16.5 Å². The Morgan fingerprint density at radius 1 is 1.50 bits per heavy atom. The molecule has 18 heavy (non-hydrogen) atoms. The molecule has 0 aromatic heterocycles. The number of nitrogens with zero attached hydrogens (tertiary/aromatic N) is 1. The third-order valence-corrected chi connectivity index (χ3v) is 3.61. The fraction of sp³-hybridized carbons (Fsp3) is 0.400. The van der Waals surface area contributed by atoms with Crippen molar-refractivity contribution in [1.29, 1.82) is 0 Å². The Labute approximate surface area is 104 Å². The predicted molar refractivity (Wildman–Crippen MR) is 59.0 cm³/mol. The second-order valence-corrected chi connectivity index (χ2v) is 5.46. The Bertz CT molecular complexity index is 483. The predicted octanol–water partition coefficient (Wildman–Crippen LogP) is 1.44. The first-order valence-electron chi connectivity index (χ1n) is 4.95. The summed E-state index contributed by atoms with van der Waals surface area (Å²) in [7, 11) is 0. The molecule has 1 aromatic rings. The lowest BCUT2D eigenvalue weighted by atomic mass is 10.0. The minimum atomic E-state index is -2.58. The summed E-state index contributed by atoms with van der Waals surface area (Å²) in [4.78, 5) is 0.638. The lowest BCUT2D eigenvalue weighted by molar-refractivity contribution is -0.00725. The normalized spacial score (nSPS) is 29.1. The molecule has 100 valence electrons. The van der Waals surface area contributed by atoms with Gasteiger partial charge < -0.3 is 9.45 Å². The maximum atomic E-state index is 13.5. The number of rotatable bonds is 2. The van der Waals surface area contributed by atoms with Crippen LogP contribution in [-0.2, 0) is 11.2 Å². The summed E-state index contributed by atoms with van der Waals surface area (Å²) in [5, 5.41) is 0. The molecule has 1 fully saturated rings. The molecule has 8 heteroatoms. The summed E-state index contributed by atoms with van der Waals surface area (Å²) in [6.07, 6.45) is -0.992. The van der Waals surface area contributed by atoms with E-state index in [0.29, 0.717) is 4.90 Å². The monoisotopic (exact) mass is 282 g/mol. The number of alkyl halides is 2. The van der Waals surface area contributed by atoms with Crippen molar-refractivity contribution in [3.05, 3.63) is 23.8 Å². The van der Waals surface area contributed by atoms with Gasteiger partial charge in [0, 0.05) is 12.1 Å². The van der Waals surface area contributed by atoms with Crippen LogP contribution in [0.25, 0.3) is 0 Å². The molecule has 1 aliphatic rings. The van der Waals surface area contributed by atoms with E-state index < -0.39 is 47.1 Å². The smallest absolute Gasteiger partial charge is 0.226 e. The molecule has 0 spiro atoms. The Morgan fingerprint density at radius 3 is 2.56 bits per heavy atom. The van der Waals surface area contributed by atoms with E-state index in [1.165, 1.54) is 6.26 Å². The molecule has 0 saturated carbocycles. The highest BCUT2D eigenvalue weighted by atomic mass is 32.2. The van der Waals surface area contributed by atoms with Crippen molar-refractivity contribution >= 4 is 16.9 Å². The fourth-order valence-electron chi connectivity index (χ4n) is 1.70. The summed E-state index contributed by atoms with van der Waals surface area (Å²) >= 11 is -1.56. The summed E-state index contributed by atoms with van der Waals surface area (Å²) in [5.74, 6) is -5.16. The molecular formula is C10H10F4N2OS. The molecule has 0 aliphatic carbocycles. The van der Waals surface area contributed by atoms with E-state index in [4.69, 9.17) is 5.73 Å². The van der Waals surface area contributed by atoms with Gasteiger partial charge in [0.1, 0.15) is 6.26 Å². The Kier molecular flexibility index (Phi) is 3.20. The van der Waals surface area contributed by atoms with Gasteiger partial charge in [-0.1, -0.05) is 0 Å². The molecule has 2 rings (SSSR count). The zero-order valence-corrected chi connectivity index (χ0v) is 10.1. The van der Waals surface area contributed by atoms with Gasteiger partial charge in [-0.3, -0.25) is 5.73 Å². The van der Waals surface area contributed by atoms with E-state index >= 15 is 0 Å². The lowest BCUT2D eigenvalue weighted by Crippen LogP contribution is -2.70. The van der Waals surface area contributed by atoms with Crippen molar-refractivity contribution in [2.45, 2.75) is 17.0 Å². The fourth-order valence-corrected chi connectivity index (χ4v) is 2.24. The van der Waals surface area contributed by atoms with Crippen molar-refractivity contribution in [2.24, 2.45) is 5.73 Å². The standard InChI is InChI=1S/C10H10F4N2OS/c1-18(17)5-2-6(11)8(12)7(3-5)16-4-10(14,15)9(16)13/h2-3,9H,4,15H2,1H3. The van der Waals surface area contributed by atoms with Crippen LogP contribution < -0.4 is 10.6 Å². The number of hydrogen-bond donors (Lipinski definition) is 1. The van der Waals surface area contributed by atoms with E-state index in [2.05, 4.69) is 0 Å². The largest absolute Gasteiger partial charge is 0.612 e. The van der Waals surface area contributed by atoms with Gasteiger partial charge in [0.05, 0.1) is 12.2 Å². The number of nitrogens with two attached hydrogens (primary N) is 1. The average Bonchev–Trinajstić information content (AvgIpc) is 2.29. The van der Waals surface area contributed by atoms with Gasteiger partial charge in [0.2, 0.25) is 12.1 Å². The topological polar surface area (TPSA) is 52.3 Å². The van der Waals surface area contributed by atoms with Gasteiger partial charge in [-0.15, -0.1) is 0 Å². The van der Waals surface area contributed by atoms with Crippen molar-refractivity contribution in [1.82, 2.24) is 0 Å². The van der Waals surface area contributed by atoms with Crippen LogP contribution in [-0.4, -0.2) is 29.4 Å². The highest BCUT2D eigenvalue weighted by molar-refractivity contribution is 7.90. The first kappa shape index (κ1) is 13.4. The molecule has 1 aromatic carbocycles. The third-order valence-electron chi connectivity index (χ3n) is 2.71. The van der Waals surface area contributed by atoms with Gasteiger partial charge in [-0.2, -0.15) is 0 Å². The molecule has 1 aliphatic heterocycles. The van der Waals surface area contributed by atoms with Crippen molar-refractivity contribution in [2.75, 3.05) is 17.7 Å². The van der Waals surface area contributed by atoms with Crippen LogP contribution in [0.2, 0.25) is 0 Å². The zero-order chi connectivity index (χ0) is 13.7. The molecule has 1 saturated heterocycles. The highest BCUT2D eigenvalue weighted by Gasteiger charge is 2.53. The minimum Gasteiger partial charge on any atom is -0.612 e. The number of benzene rings is 1. The molecule has 0 amide bonds. The number of hydrogen-bond acceptors (Lipinski definition) is 3. The van der Waals surface area contributed by atoms with E-state index in [0.717, 1.165) is 12.1 Å². The molecule has 3 atom stereocenters. The Balaban J connectivity index is 2.39. The van der Waals surface area contributed by atoms with Crippen molar-refractivity contribution < 1.29 is 22.1 Å². The van der Waals surface area contributed by atoms with Gasteiger partial charge in [0.25, 0.3) is 0 Å². The molecule has 0 radical (unpaired) electrons. The molecule has 1 heterocycles. The first-order chi connectivity index (χ1) is 8.24. The highest BCUT2D eigenvalue weighted by Crippen LogP contribution is 2.37. The SMILES string of the molecule is C[S+]([O-])c1cc(F)c(F)c(N2CC(N)(F)C2F)c1. The van der Waals surface area contributed by atoms with Crippen LogP contribution in [0.4, 0.5) is 23.2 Å². The van der Waals surface area contributed by atoms with Crippen LogP contribution in [0.1, 0.15) is 0 Å². The second-order valence-electron chi connectivity index (χ2n) is 4.08. The number of anilines is 1. The lowest BCUT2D eigenvalue weighted by Gasteiger charge is -2.46. The van der Waals surface area contributed by atoms with Crippen LogP contribution in [0, 0.1) is 11.6 Å². The molecule has 3 unspecified atom stereocenters. The molecule has 3 nitrogen and oxygen atoms in total. The van der Waals surface area contributed by atoms with E-state index in [1.807, 2.05) is 0 Å². The Hall–Kier alpha value is -0.990.